The predicted molar refractivity (Wildman–Crippen MR) is 81.8 cm³/mol. The van der Waals surface area contributed by atoms with Crippen molar-refractivity contribution in [1.29, 1.82) is 0 Å². The molecule has 17 heavy (non-hydrogen) atoms. The zero-order chi connectivity index (χ0) is 12.1. The number of alkyl halides is 1. The summed E-state index contributed by atoms with van der Waals surface area (Å²) in [5.41, 5.74) is 0. The van der Waals surface area contributed by atoms with Gasteiger partial charge in [-0.15, -0.1) is 0 Å². The second-order valence-electron chi connectivity index (χ2n) is 6.06. The molecule has 2 heteroatoms. The molecule has 0 aliphatic heterocycles. The maximum absolute atomic E-state index is 6.42. The number of halogens is 1. The van der Waals surface area contributed by atoms with E-state index in [-0.39, 0.29) is 0 Å². The van der Waals surface area contributed by atoms with Crippen molar-refractivity contribution in [3.8, 4) is 0 Å². The highest BCUT2D eigenvalue weighted by molar-refractivity contribution is 14.1. The van der Waals surface area contributed by atoms with Crippen molar-refractivity contribution in [3.05, 3.63) is 0 Å². The fourth-order valence-electron chi connectivity index (χ4n) is 3.17. The average molecular weight is 350 g/mol. The van der Waals surface area contributed by atoms with E-state index in [1.807, 2.05) is 0 Å². The van der Waals surface area contributed by atoms with Crippen LogP contribution >= 0.6 is 22.6 Å². The van der Waals surface area contributed by atoms with Gasteiger partial charge in [-0.2, -0.15) is 0 Å². The zero-order valence-electron chi connectivity index (χ0n) is 11.2. The summed E-state index contributed by atoms with van der Waals surface area (Å²) in [6, 6.07) is 0. The van der Waals surface area contributed by atoms with E-state index in [9.17, 15) is 0 Å². The summed E-state index contributed by atoms with van der Waals surface area (Å²) in [4.78, 5) is 0. The first-order chi connectivity index (χ1) is 8.25. The van der Waals surface area contributed by atoms with Crippen molar-refractivity contribution >= 4 is 22.6 Å². The molecule has 1 nitrogen and oxygen atoms in total. The maximum atomic E-state index is 6.42. The predicted octanol–water partition coefficient (Wildman–Crippen LogP) is 5.11. The molecule has 0 radical (unpaired) electrons. The van der Waals surface area contributed by atoms with Crippen LogP contribution in [0.5, 0.6) is 0 Å². The molecule has 0 bridgehead atoms. The van der Waals surface area contributed by atoms with E-state index in [1.165, 1.54) is 64.2 Å². The van der Waals surface area contributed by atoms with Crippen LogP contribution in [-0.4, -0.2) is 16.1 Å². The summed E-state index contributed by atoms with van der Waals surface area (Å²) in [7, 11) is 0. The van der Waals surface area contributed by atoms with Gasteiger partial charge in [0.25, 0.3) is 0 Å². The monoisotopic (exact) mass is 350 g/mol. The van der Waals surface area contributed by atoms with Crippen LogP contribution in [0.4, 0.5) is 0 Å². The molecule has 0 heterocycles. The zero-order valence-corrected chi connectivity index (χ0v) is 13.3. The van der Waals surface area contributed by atoms with Crippen LogP contribution in [0.2, 0.25) is 0 Å². The fourth-order valence-corrected chi connectivity index (χ4v) is 4.14. The van der Waals surface area contributed by atoms with Crippen LogP contribution in [0.15, 0.2) is 0 Å². The van der Waals surface area contributed by atoms with Gasteiger partial charge in [-0.25, -0.2) is 0 Å². The highest BCUT2D eigenvalue weighted by Crippen LogP contribution is 2.31. The van der Waals surface area contributed by atoms with E-state index < -0.39 is 0 Å². The van der Waals surface area contributed by atoms with E-state index in [0.29, 0.717) is 12.2 Å². The number of hydrogen-bond donors (Lipinski definition) is 0. The lowest BCUT2D eigenvalue weighted by molar-refractivity contribution is -0.0404. The van der Waals surface area contributed by atoms with Crippen LogP contribution in [0.25, 0.3) is 0 Å². The highest BCUT2D eigenvalue weighted by Gasteiger charge is 2.26. The normalized spacial score (nSPS) is 40.6. The van der Waals surface area contributed by atoms with Gasteiger partial charge in [0.1, 0.15) is 0 Å². The van der Waals surface area contributed by atoms with Gasteiger partial charge in [0, 0.05) is 3.92 Å². The SMILES string of the molecule is CC1CCC(OC2CCCCCCC2I)CC1. The average Bonchev–Trinajstić information content (AvgIpc) is 2.31. The van der Waals surface area contributed by atoms with Crippen molar-refractivity contribution in [2.24, 2.45) is 5.92 Å². The molecule has 2 unspecified atom stereocenters. The lowest BCUT2D eigenvalue weighted by Crippen LogP contribution is -2.32. The molecule has 0 amide bonds. The first kappa shape index (κ1) is 14.1. The van der Waals surface area contributed by atoms with E-state index in [2.05, 4.69) is 29.5 Å². The van der Waals surface area contributed by atoms with Crippen LogP contribution < -0.4 is 0 Å². The summed E-state index contributed by atoms with van der Waals surface area (Å²) in [6.07, 6.45) is 14.8. The lowest BCUT2D eigenvalue weighted by atomic mass is 9.88. The van der Waals surface area contributed by atoms with Crippen molar-refractivity contribution in [1.82, 2.24) is 0 Å². The van der Waals surface area contributed by atoms with Crippen LogP contribution in [-0.2, 0) is 4.74 Å². The van der Waals surface area contributed by atoms with E-state index >= 15 is 0 Å². The minimum absolute atomic E-state index is 0.550. The second-order valence-corrected chi connectivity index (χ2v) is 7.66. The summed E-state index contributed by atoms with van der Waals surface area (Å²) in [5.74, 6) is 0.933. The topological polar surface area (TPSA) is 9.23 Å². The van der Waals surface area contributed by atoms with Gasteiger partial charge in [-0.1, -0.05) is 55.2 Å². The van der Waals surface area contributed by atoms with Gasteiger partial charge in [-0.05, 0) is 44.4 Å². The van der Waals surface area contributed by atoms with E-state index in [0.717, 1.165) is 9.84 Å². The second kappa shape index (κ2) is 7.32. The van der Waals surface area contributed by atoms with Gasteiger partial charge in [0.05, 0.1) is 12.2 Å². The Morgan fingerprint density at radius 2 is 1.47 bits per heavy atom. The quantitative estimate of drug-likeness (QED) is 0.497. The molecule has 0 saturated heterocycles. The Bertz CT molecular complexity index is 211. The first-order valence-corrected chi connectivity index (χ1v) is 8.80. The molecule has 0 N–H and O–H groups in total. The molecule has 2 fully saturated rings. The highest BCUT2D eigenvalue weighted by atomic mass is 127. The van der Waals surface area contributed by atoms with Crippen molar-refractivity contribution in [2.75, 3.05) is 0 Å². The van der Waals surface area contributed by atoms with Crippen molar-refractivity contribution in [3.63, 3.8) is 0 Å². The summed E-state index contributed by atoms with van der Waals surface area (Å²) < 4.78 is 7.18. The Balaban J connectivity index is 1.78. The fraction of sp³-hybridized carbons (Fsp3) is 1.00. The van der Waals surface area contributed by atoms with Crippen LogP contribution in [0, 0.1) is 5.92 Å². The Kier molecular flexibility index (Phi) is 6.07. The Hall–Kier alpha value is 0.690. The molecule has 2 atom stereocenters. The molecule has 0 aromatic heterocycles. The first-order valence-electron chi connectivity index (χ1n) is 7.55. The minimum Gasteiger partial charge on any atom is -0.374 e. The smallest absolute Gasteiger partial charge is 0.0696 e. The third-order valence-electron chi connectivity index (χ3n) is 4.45. The summed E-state index contributed by atoms with van der Waals surface area (Å²) in [6.45, 7) is 2.38. The number of ether oxygens (including phenoxy) is 1. The van der Waals surface area contributed by atoms with Gasteiger partial charge >= 0.3 is 0 Å². The third kappa shape index (κ3) is 4.70. The molecule has 2 saturated carbocycles. The molecule has 0 aromatic rings. The van der Waals surface area contributed by atoms with Gasteiger partial charge < -0.3 is 4.74 Å². The maximum Gasteiger partial charge on any atom is 0.0696 e. The minimum atomic E-state index is 0.550. The molecule has 100 valence electrons. The molecule has 2 aliphatic rings. The molecular formula is C15H27IO. The van der Waals surface area contributed by atoms with Gasteiger partial charge in [-0.3, -0.25) is 0 Å². The van der Waals surface area contributed by atoms with E-state index in [4.69, 9.17) is 4.74 Å². The third-order valence-corrected chi connectivity index (χ3v) is 5.88. The Labute approximate surface area is 120 Å². The van der Waals surface area contributed by atoms with Gasteiger partial charge in [0.15, 0.2) is 0 Å². The van der Waals surface area contributed by atoms with E-state index in [1.54, 1.807) is 0 Å². The van der Waals surface area contributed by atoms with Gasteiger partial charge in [0.2, 0.25) is 0 Å². The molecule has 0 aromatic carbocycles. The van der Waals surface area contributed by atoms with Crippen molar-refractivity contribution < 1.29 is 4.74 Å². The summed E-state index contributed by atoms with van der Waals surface area (Å²) >= 11 is 2.64. The van der Waals surface area contributed by atoms with Crippen molar-refractivity contribution in [2.45, 2.75) is 87.3 Å². The molecular weight excluding hydrogens is 323 g/mol. The molecule has 2 aliphatic carbocycles. The number of hydrogen-bond acceptors (Lipinski definition) is 1. The molecule has 0 spiro atoms. The Morgan fingerprint density at radius 3 is 2.18 bits per heavy atom. The molecule has 2 rings (SSSR count). The largest absolute Gasteiger partial charge is 0.374 e. The number of rotatable bonds is 2. The van der Waals surface area contributed by atoms with Crippen LogP contribution in [0.3, 0.4) is 0 Å². The Morgan fingerprint density at radius 1 is 0.824 bits per heavy atom. The standard InChI is InChI=1S/C15H27IO/c1-12-8-10-13(11-9-12)17-15-7-5-3-2-4-6-14(15)16/h12-15H,2-11H2,1H3. The van der Waals surface area contributed by atoms with Crippen LogP contribution in [0.1, 0.15) is 71.1 Å². The lowest BCUT2D eigenvalue weighted by Gasteiger charge is -2.33. The summed E-state index contributed by atoms with van der Waals surface area (Å²) in [5, 5.41) is 0.